The topological polar surface area (TPSA) is 65.1 Å². The molecule has 1 heterocycles. The minimum atomic E-state index is -2.85. The van der Waals surface area contributed by atoms with Gasteiger partial charge in [-0.3, -0.25) is 4.79 Å². The number of hydrogen-bond donors (Lipinski definition) is 3. The molecule has 1 unspecified atom stereocenters. The monoisotopic (exact) mass is 268 g/mol. The lowest BCUT2D eigenvalue weighted by Crippen LogP contribution is -2.36. The molecule has 102 valence electrons. The van der Waals surface area contributed by atoms with Crippen LogP contribution in [0, 0.1) is 0 Å². The second-order valence-corrected chi connectivity index (χ2v) is 4.24. The number of halogens is 2. The third kappa shape index (κ3) is 3.29. The number of fused-ring (bicyclic) bond motifs is 1. The molecule has 0 saturated heterocycles. The lowest BCUT2D eigenvalue weighted by atomic mass is 10.1. The molecule has 0 spiro atoms. The van der Waals surface area contributed by atoms with Gasteiger partial charge < -0.3 is 15.4 Å². The number of carbonyl (C=O) groups is 1. The van der Waals surface area contributed by atoms with Crippen LogP contribution in [0.15, 0.2) is 30.5 Å². The molecule has 1 amide bonds. The van der Waals surface area contributed by atoms with E-state index < -0.39 is 25.0 Å². The fourth-order valence-corrected chi connectivity index (χ4v) is 1.82. The molecule has 0 aliphatic rings. The molecule has 4 nitrogen and oxygen atoms in total. The number of amides is 1. The number of aliphatic hydroxyl groups excluding tert-OH is 1. The van der Waals surface area contributed by atoms with Crippen LogP contribution in [0.5, 0.6) is 0 Å². The Morgan fingerprint density at radius 3 is 2.84 bits per heavy atom. The van der Waals surface area contributed by atoms with Crippen LogP contribution in [0.1, 0.15) is 5.56 Å². The van der Waals surface area contributed by atoms with E-state index in [9.17, 15) is 13.6 Å². The summed E-state index contributed by atoms with van der Waals surface area (Å²) in [5, 5.41) is 12.1. The lowest BCUT2D eigenvalue weighted by Gasteiger charge is -2.10. The number of hydrogen-bond acceptors (Lipinski definition) is 2. The number of aromatic amines is 1. The summed E-state index contributed by atoms with van der Waals surface area (Å²) in [6.07, 6.45) is -2.88. The predicted molar refractivity (Wildman–Crippen MR) is 67.0 cm³/mol. The van der Waals surface area contributed by atoms with Crippen LogP contribution in [0.2, 0.25) is 0 Å². The van der Waals surface area contributed by atoms with Gasteiger partial charge >= 0.3 is 0 Å². The van der Waals surface area contributed by atoms with Crippen molar-refractivity contribution in [2.45, 2.75) is 19.0 Å². The summed E-state index contributed by atoms with van der Waals surface area (Å²) in [4.78, 5) is 14.6. The standard InChI is InChI=1S/C13H14F2N2O2/c14-13(15)11(18)7-17-12(19)5-8-6-16-10-4-2-1-3-9(8)10/h1-4,6,11,13,16,18H,5,7H2,(H,17,19). The van der Waals surface area contributed by atoms with Crippen LogP contribution >= 0.6 is 0 Å². The molecule has 6 heteroatoms. The van der Waals surface area contributed by atoms with Crippen molar-refractivity contribution >= 4 is 16.8 Å². The average molecular weight is 268 g/mol. The number of para-hydroxylation sites is 1. The van der Waals surface area contributed by atoms with Crippen molar-refractivity contribution in [3.63, 3.8) is 0 Å². The summed E-state index contributed by atoms with van der Waals surface area (Å²) in [6.45, 7) is -0.446. The molecule has 1 atom stereocenters. The van der Waals surface area contributed by atoms with Gasteiger partial charge in [-0.25, -0.2) is 8.78 Å². The number of carbonyl (C=O) groups excluding carboxylic acids is 1. The van der Waals surface area contributed by atoms with Crippen molar-refractivity contribution in [3.05, 3.63) is 36.0 Å². The van der Waals surface area contributed by atoms with Crippen molar-refractivity contribution < 1.29 is 18.7 Å². The molecule has 0 aliphatic carbocycles. The number of alkyl halides is 2. The largest absolute Gasteiger partial charge is 0.385 e. The zero-order chi connectivity index (χ0) is 13.8. The molecule has 0 aliphatic heterocycles. The second-order valence-electron chi connectivity index (χ2n) is 4.24. The molecule has 2 rings (SSSR count). The Kier molecular flexibility index (Phi) is 4.11. The SMILES string of the molecule is O=C(Cc1c[nH]c2ccccc12)NCC(O)C(F)F. The summed E-state index contributed by atoms with van der Waals surface area (Å²) in [5.74, 6) is -0.399. The predicted octanol–water partition coefficient (Wildman–Crippen LogP) is 1.45. The third-order valence-electron chi connectivity index (χ3n) is 2.83. The average Bonchev–Trinajstić information content (AvgIpc) is 2.79. The van der Waals surface area contributed by atoms with Crippen LogP contribution in [0.3, 0.4) is 0 Å². The van der Waals surface area contributed by atoms with Crippen molar-refractivity contribution in [2.75, 3.05) is 6.54 Å². The highest BCUT2D eigenvalue weighted by Gasteiger charge is 2.17. The van der Waals surface area contributed by atoms with E-state index in [-0.39, 0.29) is 6.42 Å². The number of nitrogens with one attached hydrogen (secondary N) is 2. The maximum atomic E-state index is 12.1. The van der Waals surface area contributed by atoms with E-state index in [1.54, 1.807) is 6.20 Å². The maximum absolute atomic E-state index is 12.1. The Hall–Kier alpha value is -1.95. The number of benzene rings is 1. The van der Waals surface area contributed by atoms with Crippen molar-refractivity contribution in [2.24, 2.45) is 0 Å². The van der Waals surface area contributed by atoms with E-state index in [1.807, 2.05) is 24.3 Å². The van der Waals surface area contributed by atoms with Gasteiger partial charge in [0.15, 0.2) is 0 Å². The van der Waals surface area contributed by atoms with Gasteiger partial charge in [-0.1, -0.05) is 18.2 Å². The van der Waals surface area contributed by atoms with Crippen LogP contribution in [0.25, 0.3) is 10.9 Å². The minimum Gasteiger partial charge on any atom is -0.385 e. The second kappa shape index (κ2) is 5.79. The van der Waals surface area contributed by atoms with E-state index >= 15 is 0 Å². The van der Waals surface area contributed by atoms with Gasteiger partial charge in [-0.05, 0) is 11.6 Å². The molecule has 0 fully saturated rings. The summed E-state index contributed by atoms with van der Waals surface area (Å²) in [5.41, 5.74) is 1.71. The maximum Gasteiger partial charge on any atom is 0.265 e. The van der Waals surface area contributed by atoms with Gasteiger partial charge in [-0.2, -0.15) is 0 Å². The molecule has 1 aromatic heterocycles. The van der Waals surface area contributed by atoms with Gasteiger partial charge in [0.05, 0.1) is 6.42 Å². The number of aromatic nitrogens is 1. The van der Waals surface area contributed by atoms with Crippen LogP contribution in [-0.4, -0.2) is 35.1 Å². The summed E-state index contributed by atoms with van der Waals surface area (Å²) >= 11 is 0. The molecule has 0 radical (unpaired) electrons. The van der Waals surface area contributed by atoms with E-state index in [0.717, 1.165) is 16.5 Å². The van der Waals surface area contributed by atoms with E-state index in [0.29, 0.717) is 0 Å². The molecule has 0 bridgehead atoms. The first kappa shape index (κ1) is 13.5. The molecular formula is C13H14F2N2O2. The first-order chi connectivity index (χ1) is 9.08. The highest BCUT2D eigenvalue weighted by atomic mass is 19.3. The minimum absolute atomic E-state index is 0.0833. The van der Waals surface area contributed by atoms with E-state index in [1.165, 1.54) is 0 Å². The van der Waals surface area contributed by atoms with Gasteiger partial charge in [0, 0.05) is 23.6 Å². The fraction of sp³-hybridized carbons (Fsp3) is 0.308. The summed E-state index contributed by atoms with van der Waals surface area (Å²) in [7, 11) is 0. The Balaban J connectivity index is 1.96. The zero-order valence-corrected chi connectivity index (χ0v) is 10.1. The quantitative estimate of drug-likeness (QED) is 0.768. The number of H-pyrrole nitrogens is 1. The van der Waals surface area contributed by atoms with E-state index in [4.69, 9.17) is 5.11 Å². The van der Waals surface area contributed by atoms with E-state index in [2.05, 4.69) is 10.3 Å². The Bertz CT molecular complexity index is 569. The highest BCUT2D eigenvalue weighted by molar-refractivity contribution is 5.88. The normalized spacial score (nSPS) is 12.8. The molecule has 1 aromatic carbocycles. The Morgan fingerprint density at radius 2 is 2.11 bits per heavy atom. The Labute approximate surface area is 108 Å². The molecule has 19 heavy (non-hydrogen) atoms. The van der Waals surface area contributed by atoms with Gasteiger partial charge in [-0.15, -0.1) is 0 Å². The van der Waals surface area contributed by atoms with Crippen molar-refractivity contribution in [3.8, 4) is 0 Å². The van der Waals surface area contributed by atoms with Crippen LogP contribution in [-0.2, 0) is 11.2 Å². The van der Waals surface area contributed by atoms with Gasteiger partial charge in [0.25, 0.3) is 6.43 Å². The molecule has 0 saturated carbocycles. The number of aliphatic hydroxyl groups is 1. The van der Waals surface area contributed by atoms with Gasteiger partial charge in [0.1, 0.15) is 6.10 Å². The first-order valence-electron chi connectivity index (χ1n) is 5.86. The third-order valence-corrected chi connectivity index (χ3v) is 2.83. The first-order valence-corrected chi connectivity index (χ1v) is 5.86. The summed E-state index contributed by atoms with van der Waals surface area (Å²) < 4.78 is 24.1. The van der Waals surface area contributed by atoms with Crippen LogP contribution < -0.4 is 5.32 Å². The fourth-order valence-electron chi connectivity index (χ4n) is 1.82. The smallest absolute Gasteiger partial charge is 0.265 e. The molecule has 2 aromatic rings. The highest BCUT2D eigenvalue weighted by Crippen LogP contribution is 2.17. The molecular weight excluding hydrogens is 254 g/mol. The molecule has 3 N–H and O–H groups in total. The zero-order valence-electron chi connectivity index (χ0n) is 10.1. The number of rotatable bonds is 5. The van der Waals surface area contributed by atoms with Crippen molar-refractivity contribution in [1.29, 1.82) is 0 Å². The van der Waals surface area contributed by atoms with Crippen molar-refractivity contribution in [1.82, 2.24) is 10.3 Å². The van der Waals surface area contributed by atoms with Gasteiger partial charge in [0.2, 0.25) is 5.91 Å². The summed E-state index contributed by atoms with van der Waals surface area (Å²) in [6, 6.07) is 7.50. The Morgan fingerprint density at radius 1 is 1.37 bits per heavy atom. The van der Waals surface area contributed by atoms with Crippen LogP contribution in [0.4, 0.5) is 8.78 Å². The lowest BCUT2D eigenvalue weighted by molar-refractivity contribution is -0.121.